The predicted molar refractivity (Wildman–Crippen MR) is 79.5 cm³/mol. The topological polar surface area (TPSA) is 38.9 Å². The standard InChI is InChI=1S/C13H8Cl2N2S/c14-7-4-5-11-10(6-7)17-13(18-11)8-2-1-3-9(15)12(8)16/h1-6H,16H2. The van der Waals surface area contributed by atoms with Crippen molar-refractivity contribution in [2.24, 2.45) is 0 Å². The monoisotopic (exact) mass is 294 g/mol. The Morgan fingerprint density at radius 2 is 1.94 bits per heavy atom. The van der Waals surface area contributed by atoms with Gasteiger partial charge in [-0.15, -0.1) is 11.3 Å². The molecule has 0 unspecified atom stereocenters. The van der Waals surface area contributed by atoms with Gasteiger partial charge in [0, 0.05) is 10.6 Å². The largest absolute Gasteiger partial charge is 0.397 e. The van der Waals surface area contributed by atoms with Crippen molar-refractivity contribution in [2.45, 2.75) is 0 Å². The van der Waals surface area contributed by atoms with E-state index in [4.69, 9.17) is 28.9 Å². The number of aromatic nitrogens is 1. The number of nitrogens with zero attached hydrogens (tertiary/aromatic N) is 1. The molecule has 0 spiro atoms. The molecule has 3 aromatic rings. The van der Waals surface area contributed by atoms with Gasteiger partial charge >= 0.3 is 0 Å². The number of fused-ring (bicyclic) bond motifs is 1. The summed E-state index contributed by atoms with van der Waals surface area (Å²) in [5.74, 6) is 0. The third kappa shape index (κ3) is 1.94. The first-order valence-corrected chi connectivity index (χ1v) is 6.83. The molecule has 3 rings (SSSR count). The summed E-state index contributed by atoms with van der Waals surface area (Å²) in [7, 11) is 0. The first kappa shape index (κ1) is 11.8. The summed E-state index contributed by atoms with van der Waals surface area (Å²) < 4.78 is 1.08. The van der Waals surface area contributed by atoms with Crippen LogP contribution in [-0.4, -0.2) is 4.98 Å². The number of anilines is 1. The van der Waals surface area contributed by atoms with Crippen LogP contribution in [0.4, 0.5) is 5.69 Å². The maximum Gasteiger partial charge on any atom is 0.126 e. The fourth-order valence-electron chi connectivity index (χ4n) is 1.74. The molecule has 5 heteroatoms. The smallest absolute Gasteiger partial charge is 0.126 e. The molecule has 2 N–H and O–H groups in total. The molecule has 1 heterocycles. The van der Waals surface area contributed by atoms with E-state index in [-0.39, 0.29) is 0 Å². The second-order valence-electron chi connectivity index (χ2n) is 3.83. The average molecular weight is 295 g/mol. The number of nitrogens with two attached hydrogens (primary N) is 1. The first-order valence-electron chi connectivity index (χ1n) is 5.25. The highest BCUT2D eigenvalue weighted by molar-refractivity contribution is 7.21. The van der Waals surface area contributed by atoms with Crippen LogP contribution < -0.4 is 5.73 Å². The second-order valence-corrected chi connectivity index (χ2v) is 5.71. The summed E-state index contributed by atoms with van der Waals surface area (Å²) in [6.07, 6.45) is 0. The highest BCUT2D eigenvalue weighted by Gasteiger charge is 2.11. The van der Waals surface area contributed by atoms with Crippen LogP contribution in [0.2, 0.25) is 10.0 Å². The molecule has 90 valence electrons. The number of nitrogen functional groups attached to an aromatic ring is 1. The number of para-hydroxylation sites is 1. The Morgan fingerprint density at radius 3 is 2.78 bits per heavy atom. The van der Waals surface area contributed by atoms with Gasteiger partial charge < -0.3 is 5.73 Å². The molecule has 0 aliphatic rings. The van der Waals surface area contributed by atoms with Crippen LogP contribution in [0, 0.1) is 0 Å². The van der Waals surface area contributed by atoms with Gasteiger partial charge in [-0.1, -0.05) is 29.3 Å². The molecule has 2 aromatic carbocycles. The van der Waals surface area contributed by atoms with E-state index in [0.717, 1.165) is 20.8 Å². The SMILES string of the molecule is Nc1c(Cl)cccc1-c1nc2cc(Cl)ccc2s1. The van der Waals surface area contributed by atoms with E-state index in [0.29, 0.717) is 15.7 Å². The van der Waals surface area contributed by atoms with Crippen LogP contribution in [0.15, 0.2) is 36.4 Å². The summed E-state index contributed by atoms with van der Waals surface area (Å²) in [5.41, 5.74) is 8.27. The Kier molecular flexibility index (Phi) is 2.90. The lowest BCUT2D eigenvalue weighted by atomic mass is 10.2. The normalized spacial score (nSPS) is 11.0. The van der Waals surface area contributed by atoms with Crippen LogP contribution in [0.25, 0.3) is 20.8 Å². The molecule has 0 radical (unpaired) electrons. The van der Waals surface area contributed by atoms with E-state index >= 15 is 0 Å². The molecule has 0 bridgehead atoms. The van der Waals surface area contributed by atoms with Crippen molar-refractivity contribution in [1.82, 2.24) is 4.98 Å². The fourth-order valence-corrected chi connectivity index (χ4v) is 3.07. The molecule has 1 aromatic heterocycles. The molecular weight excluding hydrogens is 287 g/mol. The maximum absolute atomic E-state index is 6.02. The lowest BCUT2D eigenvalue weighted by Crippen LogP contribution is -1.90. The Balaban J connectivity index is 2.22. The van der Waals surface area contributed by atoms with Crippen molar-refractivity contribution >= 4 is 50.4 Å². The summed E-state index contributed by atoms with van der Waals surface area (Å²) >= 11 is 13.5. The van der Waals surface area contributed by atoms with E-state index in [1.165, 1.54) is 0 Å². The first-order chi connectivity index (χ1) is 8.65. The molecular formula is C13H8Cl2N2S. The molecule has 0 amide bonds. The Bertz CT molecular complexity index is 737. The van der Waals surface area contributed by atoms with Gasteiger partial charge in [-0.2, -0.15) is 0 Å². The zero-order valence-electron chi connectivity index (χ0n) is 9.15. The van der Waals surface area contributed by atoms with E-state index in [1.54, 1.807) is 17.4 Å². The highest BCUT2D eigenvalue weighted by Crippen LogP contribution is 2.36. The molecule has 0 aliphatic heterocycles. The molecule has 0 saturated heterocycles. The summed E-state index contributed by atoms with van der Waals surface area (Å²) in [5, 5.41) is 2.08. The van der Waals surface area contributed by atoms with Crippen LogP contribution >= 0.6 is 34.5 Å². The van der Waals surface area contributed by atoms with Crippen molar-refractivity contribution in [3.8, 4) is 10.6 Å². The summed E-state index contributed by atoms with van der Waals surface area (Å²) in [6.45, 7) is 0. The zero-order chi connectivity index (χ0) is 12.7. The fraction of sp³-hybridized carbons (Fsp3) is 0. The lowest BCUT2D eigenvalue weighted by molar-refractivity contribution is 1.48. The minimum Gasteiger partial charge on any atom is -0.397 e. The van der Waals surface area contributed by atoms with E-state index < -0.39 is 0 Å². The minimum absolute atomic E-state index is 0.546. The number of benzene rings is 2. The van der Waals surface area contributed by atoms with Gasteiger partial charge in [-0.3, -0.25) is 0 Å². The molecule has 0 aliphatic carbocycles. The third-order valence-electron chi connectivity index (χ3n) is 2.63. The van der Waals surface area contributed by atoms with Crippen LogP contribution in [0.3, 0.4) is 0 Å². The van der Waals surface area contributed by atoms with Gasteiger partial charge in [-0.05, 0) is 30.3 Å². The average Bonchev–Trinajstić information content (AvgIpc) is 2.75. The van der Waals surface area contributed by atoms with Gasteiger partial charge in [0.05, 0.1) is 20.9 Å². The minimum atomic E-state index is 0.546. The number of hydrogen-bond donors (Lipinski definition) is 1. The summed E-state index contributed by atoms with van der Waals surface area (Å²) in [4.78, 5) is 4.54. The maximum atomic E-state index is 6.02. The number of halogens is 2. The predicted octanol–water partition coefficient (Wildman–Crippen LogP) is 4.85. The Morgan fingerprint density at radius 1 is 1.11 bits per heavy atom. The van der Waals surface area contributed by atoms with Gasteiger partial charge in [0.2, 0.25) is 0 Å². The van der Waals surface area contributed by atoms with Crippen LogP contribution in [0.5, 0.6) is 0 Å². The van der Waals surface area contributed by atoms with Crippen molar-refractivity contribution in [2.75, 3.05) is 5.73 Å². The van der Waals surface area contributed by atoms with Gasteiger partial charge in [0.25, 0.3) is 0 Å². The number of hydrogen-bond acceptors (Lipinski definition) is 3. The molecule has 2 nitrogen and oxygen atoms in total. The zero-order valence-corrected chi connectivity index (χ0v) is 11.5. The molecule has 0 fully saturated rings. The van der Waals surface area contributed by atoms with Crippen LogP contribution in [0.1, 0.15) is 0 Å². The van der Waals surface area contributed by atoms with Crippen molar-refractivity contribution < 1.29 is 0 Å². The third-order valence-corrected chi connectivity index (χ3v) is 4.27. The van der Waals surface area contributed by atoms with Gasteiger partial charge in [0.15, 0.2) is 0 Å². The van der Waals surface area contributed by atoms with E-state index in [1.807, 2.05) is 30.3 Å². The summed E-state index contributed by atoms with van der Waals surface area (Å²) in [6, 6.07) is 11.2. The van der Waals surface area contributed by atoms with E-state index in [2.05, 4.69) is 4.98 Å². The van der Waals surface area contributed by atoms with Crippen molar-refractivity contribution in [3.05, 3.63) is 46.4 Å². The molecule has 0 atom stereocenters. The van der Waals surface area contributed by atoms with E-state index in [9.17, 15) is 0 Å². The Labute approximate surface area is 118 Å². The molecule has 18 heavy (non-hydrogen) atoms. The number of rotatable bonds is 1. The quantitative estimate of drug-likeness (QED) is 0.652. The highest BCUT2D eigenvalue weighted by atomic mass is 35.5. The number of thiazole rings is 1. The molecule has 0 saturated carbocycles. The van der Waals surface area contributed by atoms with Gasteiger partial charge in [0.1, 0.15) is 5.01 Å². The second kappa shape index (κ2) is 4.43. The Hall–Kier alpha value is -1.29. The van der Waals surface area contributed by atoms with Crippen LogP contribution in [-0.2, 0) is 0 Å². The lowest BCUT2D eigenvalue weighted by Gasteiger charge is -2.02. The van der Waals surface area contributed by atoms with Gasteiger partial charge in [-0.25, -0.2) is 4.98 Å². The van der Waals surface area contributed by atoms with Crippen molar-refractivity contribution in [1.29, 1.82) is 0 Å². The van der Waals surface area contributed by atoms with Crippen molar-refractivity contribution in [3.63, 3.8) is 0 Å².